The van der Waals surface area contributed by atoms with E-state index in [1.807, 2.05) is 30.7 Å². The fraction of sp³-hybridized carbons (Fsp3) is 0.429. The largest absolute Gasteiger partial charge is 0.311 e. The van der Waals surface area contributed by atoms with E-state index in [4.69, 9.17) is 0 Å². The third-order valence-electron chi connectivity index (χ3n) is 2.96. The Bertz CT molecular complexity index is 605. The zero-order chi connectivity index (χ0) is 14.0. The van der Waals surface area contributed by atoms with Crippen molar-refractivity contribution in [1.82, 2.24) is 14.2 Å². The molecule has 19 heavy (non-hydrogen) atoms. The van der Waals surface area contributed by atoms with Gasteiger partial charge in [0, 0.05) is 30.3 Å². The minimum Gasteiger partial charge on any atom is -0.311 e. The number of nitrogens with zero attached hydrogens (tertiary/aromatic N) is 3. The Kier molecular flexibility index (Phi) is 3.74. The van der Waals surface area contributed by atoms with Crippen LogP contribution in [0.25, 0.3) is 0 Å². The molecule has 0 saturated carbocycles. The molecule has 0 radical (unpaired) electrons. The molecule has 2 heterocycles. The Morgan fingerprint density at radius 3 is 2.47 bits per heavy atom. The van der Waals surface area contributed by atoms with Crippen molar-refractivity contribution in [2.45, 2.75) is 34.2 Å². The maximum Gasteiger partial charge on any atom is 0.295 e. The van der Waals surface area contributed by atoms with Gasteiger partial charge in [0.15, 0.2) is 0 Å². The molecule has 0 atom stereocenters. The highest BCUT2D eigenvalue weighted by Crippen LogP contribution is 2.07. The summed E-state index contributed by atoms with van der Waals surface area (Å²) in [6.07, 6.45) is 3.38. The number of nitrogens with one attached hydrogen (secondary N) is 1. The summed E-state index contributed by atoms with van der Waals surface area (Å²) in [4.78, 5) is 16.4. The van der Waals surface area contributed by atoms with Gasteiger partial charge in [-0.15, -0.1) is 0 Å². The summed E-state index contributed by atoms with van der Waals surface area (Å²) >= 11 is 0. The molecule has 102 valence electrons. The third kappa shape index (κ3) is 2.86. The Hall–Kier alpha value is -2.04. The molecule has 0 bridgehead atoms. The van der Waals surface area contributed by atoms with E-state index in [2.05, 4.69) is 24.3 Å². The molecule has 5 heteroatoms. The Balaban J connectivity index is 2.34. The second kappa shape index (κ2) is 5.30. The Labute approximate surface area is 112 Å². The van der Waals surface area contributed by atoms with Gasteiger partial charge in [0.25, 0.3) is 5.56 Å². The SMILES string of the molecule is Cc1ccc(C)n1Nc1nccn(CC(C)C)c1=O. The van der Waals surface area contributed by atoms with Gasteiger partial charge in [-0.1, -0.05) is 13.8 Å². The smallest absolute Gasteiger partial charge is 0.295 e. The van der Waals surface area contributed by atoms with Crippen LogP contribution in [0.2, 0.25) is 0 Å². The normalized spacial score (nSPS) is 11.0. The van der Waals surface area contributed by atoms with E-state index >= 15 is 0 Å². The van der Waals surface area contributed by atoms with Crippen LogP contribution in [0.3, 0.4) is 0 Å². The Morgan fingerprint density at radius 2 is 1.89 bits per heavy atom. The van der Waals surface area contributed by atoms with E-state index in [1.165, 1.54) is 0 Å². The molecule has 2 rings (SSSR count). The lowest BCUT2D eigenvalue weighted by Crippen LogP contribution is -2.28. The first kappa shape index (κ1) is 13.4. The molecule has 0 saturated heterocycles. The third-order valence-corrected chi connectivity index (χ3v) is 2.96. The predicted octanol–water partition coefficient (Wildman–Crippen LogP) is 2.19. The molecule has 0 aromatic carbocycles. The monoisotopic (exact) mass is 260 g/mol. The van der Waals surface area contributed by atoms with Crippen LogP contribution in [0, 0.1) is 19.8 Å². The van der Waals surface area contributed by atoms with Crippen molar-refractivity contribution in [3.8, 4) is 0 Å². The summed E-state index contributed by atoms with van der Waals surface area (Å²) in [5.74, 6) is 0.772. The van der Waals surface area contributed by atoms with E-state index in [0.717, 1.165) is 11.4 Å². The van der Waals surface area contributed by atoms with E-state index < -0.39 is 0 Å². The highest BCUT2D eigenvalue weighted by molar-refractivity contribution is 5.33. The molecule has 0 aliphatic carbocycles. The quantitative estimate of drug-likeness (QED) is 0.916. The van der Waals surface area contributed by atoms with Crippen LogP contribution in [0.1, 0.15) is 25.2 Å². The average molecular weight is 260 g/mol. The van der Waals surface area contributed by atoms with Gasteiger partial charge in [0.2, 0.25) is 5.82 Å². The van der Waals surface area contributed by atoms with Gasteiger partial charge in [-0.05, 0) is 31.9 Å². The number of aryl methyl sites for hydroxylation is 2. The van der Waals surface area contributed by atoms with Gasteiger partial charge in [-0.3, -0.25) is 14.9 Å². The minimum atomic E-state index is -0.0938. The molecule has 5 nitrogen and oxygen atoms in total. The van der Waals surface area contributed by atoms with Crippen molar-refractivity contribution in [2.75, 3.05) is 5.43 Å². The van der Waals surface area contributed by atoms with Crippen molar-refractivity contribution >= 4 is 5.82 Å². The predicted molar refractivity (Wildman–Crippen MR) is 76.3 cm³/mol. The molecule has 0 amide bonds. The average Bonchev–Trinajstić information content (AvgIpc) is 2.65. The second-order valence-electron chi connectivity index (χ2n) is 5.19. The summed E-state index contributed by atoms with van der Waals surface area (Å²) in [5, 5.41) is 0. The molecular weight excluding hydrogens is 240 g/mol. The molecule has 0 unspecified atom stereocenters. The lowest BCUT2D eigenvalue weighted by atomic mass is 10.2. The van der Waals surface area contributed by atoms with Crippen molar-refractivity contribution in [3.63, 3.8) is 0 Å². The van der Waals surface area contributed by atoms with Crippen LogP contribution in [0.5, 0.6) is 0 Å². The molecule has 1 N–H and O–H groups in total. The van der Waals surface area contributed by atoms with Crippen LogP contribution >= 0.6 is 0 Å². The molecule has 0 spiro atoms. The lowest BCUT2D eigenvalue weighted by Gasteiger charge is -2.13. The van der Waals surface area contributed by atoms with Gasteiger partial charge in [0.05, 0.1) is 0 Å². The van der Waals surface area contributed by atoms with Gasteiger partial charge >= 0.3 is 0 Å². The number of rotatable bonds is 4. The molecule has 2 aromatic heterocycles. The first-order valence-electron chi connectivity index (χ1n) is 6.46. The number of aromatic nitrogens is 3. The van der Waals surface area contributed by atoms with Crippen molar-refractivity contribution in [1.29, 1.82) is 0 Å². The van der Waals surface area contributed by atoms with E-state index in [0.29, 0.717) is 18.3 Å². The van der Waals surface area contributed by atoms with Crippen molar-refractivity contribution in [2.24, 2.45) is 5.92 Å². The van der Waals surface area contributed by atoms with Gasteiger partial charge < -0.3 is 4.57 Å². The lowest BCUT2D eigenvalue weighted by molar-refractivity contribution is 0.509. The zero-order valence-electron chi connectivity index (χ0n) is 11.8. The molecule has 0 aliphatic heterocycles. The highest BCUT2D eigenvalue weighted by atomic mass is 16.1. The summed E-state index contributed by atoms with van der Waals surface area (Å²) in [6, 6.07) is 4.00. The van der Waals surface area contributed by atoms with Crippen LogP contribution in [0.15, 0.2) is 29.3 Å². The van der Waals surface area contributed by atoms with Crippen molar-refractivity contribution in [3.05, 3.63) is 46.3 Å². The fourth-order valence-corrected chi connectivity index (χ4v) is 2.01. The van der Waals surface area contributed by atoms with E-state index in [9.17, 15) is 4.79 Å². The minimum absolute atomic E-state index is 0.0938. The maximum absolute atomic E-state index is 12.3. The van der Waals surface area contributed by atoms with Gasteiger partial charge in [-0.25, -0.2) is 4.98 Å². The van der Waals surface area contributed by atoms with Crippen molar-refractivity contribution < 1.29 is 0 Å². The molecule has 0 aliphatic rings. The molecular formula is C14H20N4O. The first-order valence-corrected chi connectivity index (χ1v) is 6.46. The topological polar surface area (TPSA) is 51.9 Å². The van der Waals surface area contributed by atoms with Gasteiger partial charge in [-0.2, -0.15) is 0 Å². The van der Waals surface area contributed by atoms with E-state index in [-0.39, 0.29) is 5.56 Å². The van der Waals surface area contributed by atoms with E-state index in [1.54, 1.807) is 17.0 Å². The fourth-order valence-electron chi connectivity index (χ4n) is 2.01. The Morgan fingerprint density at radius 1 is 1.26 bits per heavy atom. The highest BCUT2D eigenvalue weighted by Gasteiger charge is 2.08. The first-order chi connectivity index (χ1) is 8.99. The molecule has 2 aromatic rings. The molecule has 0 fully saturated rings. The standard InChI is InChI=1S/C14H20N4O/c1-10(2)9-17-8-7-15-13(14(17)19)16-18-11(3)5-6-12(18)4/h5-8,10H,9H2,1-4H3,(H,15,16). The maximum atomic E-state index is 12.3. The summed E-state index contributed by atoms with van der Waals surface area (Å²) in [6.45, 7) is 8.82. The number of hydrogen-bond donors (Lipinski definition) is 1. The van der Waals surface area contributed by atoms with Gasteiger partial charge in [0.1, 0.15) is 0 Å². The summed E-state index contributed by atoms with van der Waals surface area (Å²) in [5.41, 5.74) is 5.06. The van der Waals surface area contributed by atoms with Crippen LogP contribution in [0.4, 0.5) is 5.82 Å². The summed E-state index contributed by atoms with van der Waals surface area (Å²) in [7, 11) is 0. The van der Waals surface area contributed by atoms with Crippen LogP contribution in [-0.4, -0.2) is 14.2 Å². The number of hydrogen-bond acceptors (Lipinski definition) is 3. The number of anilines is 1. The zero-order valence-corrected chi connectivity index (χ0v) is 11.8. The van der Waals surface area contributed by atoms with Crippen LogP contribution in [-0.2, 0) is 6.54 Å². The summed E-state index contributed by atoms with van der Waals surface area (Å²) < 4.78 is 3.55. The van der Waals surface area contributed by atoms with Crippen LogP contribution < -0.4 is 11.0 Å². The second-order valence-corrected chi connectivity index (χ2v) is 5.19.